The maximum absolute atomic E-state index is 12.9. The van der Waals surface area contributed by atoms with Crippen molar-refractivity contribution in [2.45, 2.75) is 13.5 Å². The predicted octanol–water partition coefficient (Wildman–Crippen LogP) is 1.99. The van der Waals surface area contributed by atoms with Crippen LogP contribution >= 0.6 is 0 Å². The highest BCUT2D eigenvalue weighted by molar-refractivity contribution is 5.93. The molecule has 10 nitrogen and oxygen atoms in total. The van der Waals surface area contributed by atoms with Crippen molar-refractivity contribution in [1.82, 2.24) is 14.5 Å². The Morgan fingerprint density at radius 2 is 2.15 bits per heavy atom. The van der Waals surface area contributed by atoms with E-state index in [1.165, 1.54) is 4.57 Å². The molecule has 0 aliphatic rings. The molecule has 0 atom stereocenters. The third-order valence-corrected chi connectivity index (χ3v) is 3.83. The number of benzene rings is 1. The third-order valence-electron chi connectivity index (χ3n) is 3.83. The van der Waals surface area contributed by atoms with Crippen molar-refractivity contribution in [2.75, 3.05) is 5.32 Å². The quantitative estimate of drug-likeness (QED) is 0.313. The lowest BCUT2D eigenvalue weighted by Crippen LogP contribution is -2.22. The van der Waals surface area contributed by atoms with Crippen molar-refractivity contribution >= 4 is 22.5 Å². The Hall–Kier alpha value is -4.00. The van der Waals surface area contributed by atoms with Gasteiger partial charge in [0.15, 0.2) is 11.9 Å². The molecule has 3 aromatic rings. The van der Waals surface area contributed by atoms with E-state index in [-0.39, 0.29) is 23.8 Å². The van der Waals surface area contributed by atoms with Gasteiger partial charge in [0.2, 0.25) is 5.95 Å². The molecule has 0 radical (unpaired) electrons. The van der Waals surface area contributed by atoms with Gasteiger partial charge in [-0.2, -0.15) is 5.26 Å². The second-order valence-electron chi connectivity index (χ2n) is 5.21. The Morgan fingerprint density at radius 1 is 1.42 bits per heavy atom. The number of pyridine rings is 1. The van der Waals surface area contributed by atoms with Gasteiger partial charge in [-0.1, -0.05) is 12.1 Å². The molecule has 10 heteroatoms. The first-order valence-corrected chi connectivity index (χ1v) is 7.51. The van der Waals surface area contributed by atoms with E-state index >= 15 is 0 Å². The number of aryl methyl sites for hydroxylation is 1. The van der Waals surface area contributed by atoms with Crippen LogP contribution in [-0.4, -0.2) is 24.6 Å². The summed E-state index contributed by atoms with van der Waals surface area (Å²) in [5, 5.41) is 33.2. The minimum absolute atomic E-state index is 0.219. The number of nitrogens with one attached hydrogen (secondary N) is 1. The first-order valence-electron chi connectivity index (χ1n) is 7.51. The fourth-order valence-electron chi connectivity index (χ4n) is 2.72. The first kappa shape index (κ1) is 16.8. The molecule has 0 spiro atoms. The van der Waals surface area contributed by atoms with E-state index in [9.17, 15) is 20.0 Å². The number of fused-ring (bicyclic) bond motifs is 1. The summed E-state index contributed by atoms with van der Waals surface area (Å²) in [6.45, 7) is 2.03. The zero-order chi connectivity index (χ0) is 18.8. The van der Waals surface area contributed by atoms with Gasteiger partial charge in [-0.15, -0.1) is 0 Å². The summed E-state index contributed by atoms with van der Waals surface area (Å²) < 4.78 is 1.38. The number of aromatic hydroxyl groups is 1. The van der Waals surface area contributed by atoms with Gasteiger partial charge in [-0.3, -0.25) is 20.2 Å². The largest absolute Gasteiger partial charge is 0.506 e. The second-order valence-corrected chi connectivity index (χ2v) is 5.21. The second kappa shape index (κ2) is 6.48. The zero-order valence-corrected chi connectivity index (χ0v) is 13.5. The minimum atomic E-state index is -0.754. The zero-order valence-electron chi connectivity index (χ0n) is 13.5. The maximum Gasteiger partial charge on any atom is 0.314 e. The molecule has 0 amide bonds. The molecule has 3 rings (SSSR count). The van der Waals surface area contributed by atoms with Crippen molar-refractivity contribution in [3.63, 3.8) is 0 Å². The molecule has 26 heavy (non-hydrogen) atoms. The van der Waals surface area contributed by atoms with E-state index < -0.39 is 21.9 Å². The van der Waals surface area contributed by atoms with Gasteiger partial charge in [0.25, 0.3) is 5.56 Å². The Bertz CT molecular complexity index is 1130. The van der Waals surface area contributed by atoms with Crippen LogP contribution in [0, 0.1) is 21.6 Å². The topological polar surface area (TPSA) is 147 Å². The van der Waals surface area contributed by atoms with E-state index in [0.717, 1.165) is 6.20 Å². The van der Waals surface area contributed by atoms with Gasteiger partial charge in [0.05, 0.1) is 10.4 Å². The van der Waals surface area contributed by atoms with Crippen molar-refractivity contribution in [3.05, 3.63) is 50.9 Å². The molecule has 0 saturated heterocycles. The van der Waals surface area contributed by atoms with Crippen LogP contribution in [0.15, 0.2) is 35.3 Å². The molecule has 0 fully saturated rings. The van der Waals surface area contributed by atoms with Gasteiger partial charge in [-0.05, 0) is 19.1 Å². The summed E-state index contributed by atoms with van der Waals surface area (Å²) in [5.41, 5.74) is -1.38. The van der Waals surface area contributed by atoms with Crippen molar-refractivity contribution in [2.24, 2.45) is 0 Å². The molecule has 1 aromatic carbocycles. The monoisotopic (exact) mass is 352 g/mol. The molecule has 2 aromatic heterocycles. The summed E-state index contributed by atoms with van der Waals surface area (Å²) in [7, 11) is 0. The summed E-state index contributed by atoms with van der Waals surface area (Å²) in [6.07, 6.45) is 2.48. The minimum Gasteiger partial charge on any atom is -0.506 e. The number of anilines is 1. The smallest absolute Gasteiger partial charge is 0.314 e. The number of aromatic nitrogens is 3. The molecule has 0 unspecified atom stereocenters. The third kappa shape index (κ3) is 2.57. The van der Waals surface area contributed by atoms with Crippen molar-refractivity contribution in [1.29, 1.82) is 5.26 Å². The first-order chi connectivity index (χ1) is 12.5. The molecule has 0 bridgehead atoms. The van der Waals surface area contributed by atoms with Crippen molar-refractivity contribution < 1.29 is 10.0 Å². The number of hydrogen-bond donors (Lipinski definition) is 2. The van der Waals surface area contributed by atoms with Gasteiger partial charge in [0.1, 0.15) is 17.5 Å². The average molecular weight is 352 g/mol. The molecular formula is C16H12N6O4. The Labute approximate surface area is 146 Å². The Morgan fingerprint density at radius 3 is 2.81 bits per heavy atom. The van der Waals surface area contributed by atoms with Crippen LogP contribution < -0.4 is 10.9 Å². The fourth-order valence-corrected chi connectivity index (χ4v) is 2.72. The van der Waals surface area contributed by atoms with E-state index in [2.05, 4.69) is 15.3 Å². The van der Waals surface area contributed by atoms with Crippen LogP contribution in [0.1, 0.15) is 6.92 Å². The Balaban J connectivity index is 2.46. The van der Waals surface area contributed by atoms with Gasteiger partial charge >= 0.3 is 5.69 Å². The highest BCUT2D eigenvalue weighted by Gasteiger charge is 2.27. The Kier molecular flexibility index (Phi) is 4.20. The molecule has 2 heterocycles. The lowest BCUT2D eigenvalue weighted by molar-refractivity contribution is -0.384. The highest BCUT2D eigenvalue weighted by Crippen LogP contribution is 2.36. The molecular weight excluding hydrogens is 340 g/mol. The summed E-state index contributed by atoms with van der Waals surface area (Å²) in [6, 6.07) is 6.66. The SMILES string of the molecule is CCn1c(=O)c(-c2nc(NC#N)ncc2[N+](=O)[O-])c(O)c2ccccc21. The summed E-state index contributed by atoms with van der Waals surface area (Å²) in [5.74, 6) is -0.636. The number of nitro groups is 1. The molecule has 2 N–H and O–H groups in total. The van der Waals surface area contributed by atoms with Crippen LogP contribution in [0.4, 0.5) is 11.6 Å². The maximum atomic E-state index is 12.9. The summed E-state index contributed by atoms with van der Waals surface area (Å²) in [4.78, 5) is 31.1. The van der Waals surface area contributed by atoms with E-state index in [0.29, 0.717) is 10.9 Å². The van der Waals surface area contributed by atoms with Crippen LogP contribution in [0.5, 0.6) is 5.75 Å². The van der Waals surface area contributed by atoms with E-state index in [4.69, 9.17) is 5.26 Å². The normalized spacial score (nSPS) is 10.5. The predicted molar refractivity (Wildman–Crippen MR) is 92.5 cm³/mol. The number of nitriles is 1. The highest BCUT2D eigenvalue weighted by atomic mass is 16.6. The number of hydrogen-bond acceptors (Lipinski definition) is 8. The molecule has 0 aliphatic heterocycles. The van der Waals surface area contributed by atoms with Gasteiger partial charge < -0.3 is 9.67 Å². The lowest BCUT2D eigenvalue weighted by Gasteiger charge is -2.13. The van der Waals surface area contributed by atoms with Gasteiger partial charge in [0, 0.05) is 11.9 Å². The van der Waals surface area contributed by atoms with Crippen LogP contribution in [0.3, 0.4) is 0 Å². The van der Waals surface area contributed by atoms with Crippen molar-refractivity contribution in [3.8, 4) is 23.2 Å². The van der Waals surface area contributed by atoms with Gasteiger partial charge in [-0.25, -0.2) is 9.97 Å². The van der Waals surface area contributed by atoms with E-state index in [1.54, 1.807) is 37.4 Å². The van der Waals surface area contributed by atoms with Crippen LogP contribution in [0.2, 0.25) is 0 Å². The lowest BCUT2D eigenvalue weighted by atomic mass is 10.1. The molecule has 0 saturated carbocycles. The number of rotatable bonds is 4. The fraction of sp³-hybridized carbons (Fsp3) is 0.125. The average Bonchev–Trinajstić information content (AvgIpc) is 2.62. The standard InChI is InChI=1S/C16H12N6O4/c1-2-21-10-6-4-3-5-9(10)14(23)12(15(21)24)13-11(22(25)26)7-18-16(20-13)19-8-17/h3-7,23H,2H2,1H3,(H,18,19,20). The molecule has 0 aliphatic carbocycles. The number of para-hydroxylation sites is 1. The summed E-state index contributed by atoms with van der Waals surface area (Å²) >= 11 is 0. The molecule has 130 valence electrons. The van der Waals surface area contributed by atoms with Crippen LogP contribution in [0.25, 0.3) is 22.2 Å². The number of nitrogens with zero attached hydrogens (tertiary/aromatic N) is 5. The van der Waals surface area contributed by atoms with E-state index in [1.807, 2.05) is 0 Å². The van der Waals surface area contributed by atoms with Crippen LogP contribution in [-0.2, 0) is 6.54 Å².